The predicted molar refractivity (Wildman–Crippen MR) is 111 cm³/mol. The SMILES string of the molecule is CC1CN(CC2CCN(C(=O)C3CC(c4ccc(Cl)s4)=NO3)CC2)CC(C)O1. The number of hydrogen-bond acceptors (Lipinski definition) is 6. The highest BCUT2D eigenvalue weighted by atomic mass is 35.5. The third-order valence-electron chi connectivity index (χ3n) is 5.74. The van der Waals surface area contributed by atoms with Gasteiger partial charge in [0.15, 0.2) is 0 Å². The standard InChI is InChI=1S/C20H28ClN3O3S/c1-13-10-23(11-14(2)26-13)12-15-5-7-24(8-6-15)20(25)17-9-16(22-27-17)18-3-4-19(21)28-18/h3-4,13-15,17H,5-12H2,1-2H3. The number of nitrogens with zero attached hydrogens (tertiary/aromatic N) is 3. The van der Waals surface area contributed by atoms with Crippen LogP contribution < -0.4 is 0 Å². The first-order chi connectivity index (χ1) is 13.5. The third-order valence-corrected chi connectivity index (χ3v) is 7.02. The van der Waals surface area contributed by atoms with E-state index in [1.165, 1.54) is 11.3 Å². The second-order valence-corrected chi connectivity index (χ2v) is 9.90. The lowest BCUT2D eigenvalue weighted by Gasteiger charge is -2.39. The Labute approximate surface area is 175 Å². The average Bonchev–Trinajstić information content (AvgIpc) is 3.30. The van der Waals surface area contributed by atoms with Crippen LogP contribution in [0.15, 0.2) is 17.3 Å². The molecule has 1 amide bonds. The molecule has 1 aromatic heterocycles. The van der Waals surface area contributed by atoms with Crippen molar-refractivity contribution in [1.82, 2.24) is 9.80 Å². The largest absolute Gasteiger partial charge is 0.382 e. The van der Waals surface area contributed by atoms with Crippen LogP contribution in [0.25, 0.3) is 0 Å². The van der Waals surface area contributed by atoms with E-state index in [-0.39, 0.29) is 5.91 Å². The van der Waals surface area contributed by atoms with Gasteiger partial charge < -0.3 is 14.5 Å². The maximum atomic E-state index is 12.8. The highest BCUT2D eigenvalue weighted by molar-refractivity contribution is 7.18. The predicted octanol–water partition coefficient (Wildman–Crippen LogP) is 3.24. The molecule has 0 spiro atoms. The Hall–Kier alpha value is -1.15. The Kier molecular flexibility index (Phi) is 6.25. The molecule has 154 valence electrons. The van der Waals surface area contributed by atoms with Crippen molar-refractivity contribution in [2.45, 2.75) is 51.4 Å². The van der Waals surface area contributed by atoms with E-state index in [1.807, 2.05) is 17.0 Å². The van der Waals surface area contributed by atoms with Crippen LogP contribution in [0.2, 0.25) is 4.34 Å². The lowest BCUT2D eigenvalue weighted by atomic mass is 9.95. The van der Waals surface area contributed by atoms with Gasteiger partial charge in [-0.15, -0.1) is 11.3 Å². The van der Waals surface area contributed by atoms with E-state index in [0.717, 1.165) is 60.5 Å². The summed E-state index contributed by atoms with van der Waals surface area (Å²) in [5, 5.41) is 4.13. The van der Waals surface area contributed by atoms with Crippen LogP contribution in [0.4, 0.5) is 0 Å². The topological polar surface area (TPSA) is 54.4 Å². The number of oxime groups is 1. The number of piperidine rings is 1. The molecule has 3 unspecified atom stereocenters. The van der Waals surface area contributed by atoms with Crippen molar-refractivity contribution in [2.24, 2.45) is 11.1 Å². The van der Waals surface area contributed by atoms with Crippen LogP contribution in [-0.4, -0.2) is 72.5 Å². The molecule has 2 fully saturated rings. The number of hydrogen-bond donors (Lipinski definition) is 0. The molecule has 0 N–H and O–H groups in total. The van der Waals surface area contributed by atoms with Gasteiger partial charge in [-0.2, -0.15) is 0 Å². The van der Waals surface area contributed by atoms with Crippen molar-refractivity contribution < 1.29 is 14.4 Å². The average molecular weight is 426 g/mol. The summed E-state index contributed by atoms with van der Waals surface area (Å²) in [6.07, 6.45) is 2.74. The van der Waals surface area contributed by atoms with Crippen molar-refractivity contribution in [3.05, 3.63) is 21.3 Å². The summed E-state index contributed by atoms with van der Waals surface area (Å²) in [4.78, 5) is 23.7. The smallest absolute Gasteiger partial charge is 0.266 e. The lowest BCUT2D eigenvalue weighted by molar-refractivity contribution is -0.143. The summed E-state index contributed by atoms with van der Waals surface area (Å²) >= 11 is 7.46. The van der Waals surface area contributed by atoms with Gasteiger partial charge in [-0.25, -0.2) is 0 Å². The monoisotopic (exact) mass is 425 g/mol. The van der Waals surface area contributed by atoms with Crippen molar-refractivity contribution in [2.75, 3.05) is 32.7 Å². The molecule has 0 radical (unpaired) electrons. The molecule has 0 bridgehead atoms. The van der Waals surface area contributed by atoms with Gasteiger partial charge in [-0.3, -0.25) is 9.69 Å². The Morgan fingerprint density at radius 1 is 1.25 bits per heavy atom. The number of halogens is 1. The fraction of sp³-hybridized carbons (Fsp3) is 0.700. The van der Waals surface area contributed by atoms with Gasteiger partial charge in [0, 0.05) is 39.1 Å². The van der Waals surface area contributed by atoms with E-state index in [4.69, 9.17) is 21.2 Å². The zero-order chi connectivity index (χ0) is 19.7. The molecule has 2 saturated heterocycles. The highest BCUT2D eigenvalue weighted by Crippen LogP contribution is 2.28. The fourth-order valence-electron chi connectivity index (χ4n) is 4.46. The molecular formula is C20H28ClN3O3S. The van der Waals surface area contributed by atoms with Gasteiger partial charge in [0.2, 0.25) is 6.10 Å². The summed E-state index contributed by atoms with van der Waals surface area (Å²) in [5.41, 5.74) is 0.820. The maximum Gasteiger partial charge on any atom is 0.266 e. The van der Waals surface area contributed by atoms with Gasteiger partial charge in [0.25, 0.3) is 5.91 Å². The summed E-state index contributed by atoms with van der Waals surface area (Å²) in [7, 11) is 0. The van der Waals surface area contributed by atoms with Gasteiger partial charge >= 0.3 is 0 Å². The minimum Gasteiger partial charge on any atom is -0.382 e. The Morgan fingerprint density at radius 2 is 1.96 bits per heavy atom. The zero-order valence-corrected chi connectivity index (χ0v) is 18.0. The summed E-state index contributed by atoms with van der Waals surface area (Å²) in [6, 6.07) is 3.78. The number of carbonyl (C=O) groups is 1. The van der Waals surface area contributed by atoms with E-state index in [0.29, 0.717) is 24.5 Å². The number of morpholine rings is 1. The molecule has 0 aromatic carbocycles. The molecule has 3 atom stereocenters. The molecule has 1 aromatic rings. The van der Waals surface area contributed by atoms with Gasteiger partial charge in [-0.05, 0) is 44.7 Å². The number of rotatable bonds is 4. The van der Waals surface area contributed by atoms with E-state index in [2.05, 4.69) is 23.9 Å². The Morgan fingerprint density at radius 3 is 2.61 bits per heavy atom. The second-order valence-electron chi connectivity index (χ2n) is 8.18. The Balaban J connectivity index is 1.23. The minimum absolute atomic E-state index is 0.0634. The normalized spacial score (nSPS) is 29.6. The number of carbonyl (C=O) groups excluding carboxylic acids is 1. The van der Waals surface area contributed by atoms with Gasteiger partial charge in [0.1, 0.15) is 5.71 Å². The maximum absolute atomic E-state index is 12.8. The minimum atomic E-state index is -0.492. The number of thiophene rings is 1. The molecule has 6 nitrogen and oxygen atoms in total. The molecule has 0 aliphatic carbocycles. The number of amides is 1. The molecule has 4 heterocycles. The fourth-order valence-corrected chi connectivity index (χ4v) is 5.50. The van der Waals surface area contributed by atoms with Crippen LogP contribution >= 0.6 is 22.9 Å². The third kappa shape index (κ3) is 4.70. The lowest BCUT2D eigenvalue weighted by Crippen LogP contribution is -2.49. The number of likely N-dealkylation sites (tertiary alicyclic amines) is 1. The van der Waals surface area contributed by atoms with Crippen molar-refractivity contribution in [3.63, 3.8) is 0 Å². The molecule has 8 heteroatoms. The van der Waals surface area contributed by atoms with Crippen LogP contribution in [0.5, 0.6) is 0 Å². The van der Waals surface area contributed by atoms with Gasteiger partial charge in [-0.1, -0.05) is 16.8 Å². The van der Waals surface area contributed by atoms with Crippen LogP contribution in [0.3, 0.4) is 0 Å². The van der Waals surface area contributed by atoms with Crippen LogP contribution in [-0.2, 0) is 14.4 Å². The van der Waals surface area contributed by atoms with Gasteiger partial charge in [0.05, 0.1) is 21.4 Å². The van der Waals surface area contributed by atoms with Crippen LogP contribution in [0.1, 0.15) is 38.0 Å². The van der Waals surface area contributed by atoms with Crippen LogP contribution in [0, 0.1) is 5.92 Å². The highest BCUT2D eigenvalue weighted by Gasteiger charge is 2.35. The molecule has 3 aliphatic heterocycles. The van der Waals surface area contributed by atoms with E-state index in [1.54, 1.807) is 0 Å². The quantitative estimate of drug-likeness (QED) is 0.743. The van der Waals surface area contributed by atoms with Crippen molar-refractivity contribution in [1.29, 1.82) is 0 Å². The first-order valence-corrected chi connectivity index (χ1v) is 11.3. The zero-order valence-electron chi connectivity index (χ0n) is 16.5. The van der Waals surface area contributed by atoms with E-state index in [9.17, 15) is 4.79 Å². The first kappa shape index (κ1) is 20.1. The number of ether oxygens (including phenoxy) is 1. The van der Waals surface area contributed by atoms with Crippen molar-refractivity contribution >= 4 is 34.6 Å². The van der Waals surface area contributed by atoms with E-state index >= 15 is 0 Å². The first-order valence-electron chi connectivity index (χ1n) is 10.1. The molecule has 28 heavy (non-hydrogen) atoms. The summed E-state index contributed by atoms with van der Waals surface area (Å²) in [5.74, 6) is 0.708. The summed E-state index contributed by atoms with van der Waals surface area (Å²) < 4.78 is 6.55. The molecule has 4 rings (SSSR count). The van der Waals surface area contributed by atoms with Crippen molar-refractivity contribution in [3.8, 4) is 0 Å². The Bertz CT molecular complexity index is 722. The second kappa shape index (κ2) is 8.69. The molecule has 0 saturated carbocycles. The summed E-state index contributed by atoms with van der Waals surface area (Å²) in [6.45, 7) is 9.01. The molecular weight excluding hydrogens is 398 g/mol. The van der Waals surface area contributed by atoms with E-state index < -0.39 is 6.10 Å². The molecule has 3 aliphatic rings.